The smallest absolute Gasteiger partial charge is 0.0348 e. The van der Waals surface area contributed by atoms with Gasteiger partial charge in [-0.25, -0.2) is 0 Å². The van der Waals surface area contributed by atoms with Crippen LogP contribution in [-0.4, -0.2) is 0 Å². The molecule has 0 aromatic heterocycles. The molecule has 0 amide bonds. The van der Waals surface area contributed by atoms with E-state index in [1.165, 1.54) is 24.0 Å². The van der Waals surface area contributed by atoms with Crippen LogP contribution in [0.15, 0.2) is 24.3 Å². The first-order chi connectivity index (χ1) is 5.90. The summed E-state index contributed by atoms with van der Waals surface area (Å²) >= 11 is 0. The second kappa shape index (κ2) is 3.25. The summed E-state index contributed by atoms with van der Waals surface area (Å²) in [7, 11) is 0. The molecule has 1 fully saturated rings. The highest BCUT2D eigenvalue weighted by atomic mass is 15.2. The third-order valence-electron chi connectivity index (χ3n) is 2.33. The average Bonchev–Trinajstić information content (AvgIpc) is 2.89. The van der Waals surface area contributed by atoms with E-state index in [2.05, 4.69) is 29.7 Å². The quantitative estimate of drug-likeness (QED) is 0.522. The second-order valence-corrected chi connectivity index (χ2v) is 3.40. The predicted molar refractivity (Wildman–Crippen MR) is 49.4 cm³/mol. The third-order valence-corrected chi connectivity index (χ3v) is 2.33. The lowest BCUT2D eigenvalue weighted by Crippen LogP contribution is -2.20. The Balaban J connectivity index is 2.08. The van der Waals surface area contributed by atoms with E-state index in [0.29, 0.717) is 0 Å². The van der Waals surface area contributed by atoms with Crippen LogP contribution in [0, 0.1) is 0 Å². The van der Waals surface area contributed by atoms with Gasteiger partial charge < -0.3 is 0 Å². The molecule has 0 saturated heterocycles. The van der Waals surface area contributed by atoms with Crippen molar-refractivity contribution >= 4 is 0 Å². The highest BCUT2D eigenvalue weighted by Crippen LogP contribution is 2.39. The molecule has 0 heterocycles. The van der Waals surface area contributed by atoms with Crippen molar-refractivity contribution in [2.45, 2.75) is 25.3 Å². The van der Waals surface area contributed by atoms with Crippen LogP contribution in [0.4, 0.5) is 0 Å². The van der Waals surface area contributed by atoms with Crippen molar-refractivity contribution in [3.05, 3.63) is 35.4 Å². The van der Waals surface area contributed by atoms with E-state index in [1.54, 1.807) is 0 Å². The number of hydrogen-bond acceptors (Lipinski definition) is 2. The molecule has 1 aliphatic carbocycles. The minimum absolute atomic E-state index is 0.755. The Morgan fingerprint density at radius 1 is 1.25 bits per heavy atom. The maximum absolute atomic E-state index is 5.22. The van der Waals surface area contributed by atoms with E-state index in [-0.39, 0.29) is 0 Å². The molecule has 1 aliphatic rings. The van der Waals surface area contributed by atoms with Crippen LogP contribution < -0.4 is 11.3 Å². The molecule has 1 aromatic carbocycles. The first-order valence-corrected chi connectivity index (χ1v) is 4.42. The maximum Gasteiger partial charge on any atom is 0.0348 e. The van der Waals surface area contributed by atoms with E-state index in [0.717, 1.165) is 12.5 Å². The number of benzene rings is 1. The van der Waals surface area contributed by atoms with Crippen LogP contribution in [-0.2, 0) is 6.54 Å². The normalized spacial score (nSPS) is 16.4. The van der Waals surface area contributed by atoms with Gasteiger partial charge in [0.1, 0.15) is 0 Å². The largest absolute Gasteiger partial charge is 0.271 e. The SMILES string of the molecule is NNCc1ccc(C2CC2)cc1. The molecule has 0 atom stereocenters. The zero-order valence-electron chi connectivity index (χ0n) is 7.09. The average molecular weight is 162 g/mol. The molecule has 0 radical (unpaired) electrons. The van der Waals surface area contributed by atoms with Crippen LogP contribution in [0.3, 0.4) is 0 Å². The van der Waals surface area contributed by atoms with Crippen LogP contribution in [0.1, 0.15) is 29.9 Å². The summed E-state index contributed by atoms with van der Waals surface area (Å²) < 4.78 is 0. The molecule has 12 heavy (non-hydrogen) atoms. The Labute approximate surface area is 72.7 Å². The summed E-state index contributed by atoms with van der Waals surface area (Å²) in [5, 5.41) is 0. The highest BCUT2D eigenvalue weighted by molar-refractivity contribution is 5.27. The zero-order chi connectivity index (χ0) is 8.39. The van der Waals surface area contributed by atoms with Crippen molar-refractivity contribution in [2.75, 3.05) is 0 Å². The van der Waals surface area contributed by atoms with Crippen LogP contribution in [0.5, 0.6) is 0 Å². The molecule has 0 unspecified atom stereocenters. The Kier molecular flexibility index (Phi) is 2.11. The van der Waals surface area contributed by atoms with Gasteiger partial charge in [-0.3, -0.25) is 11.3 Å². The van der Waals surface area contributed by atoms with Crippen molar-refractivity contribution in [3.63, 3.8) is 0 Å². The Morgan fingerprint density at radius 2 is 1.92 bits per heavy atom. The van der Waals surface area contributed by atoms with Gasteiger partial charge in [0, 0.05) is 6.54 Å². The number of nitrogens with one attached hydrogen (secondary N) is 1. The fourth-order valence-electron chi connectivity index (χ4n) is 1.44. The summed E-state index contributed by atoms with van der Waals surface area (Å²) in [4.78, 5) is 0. The standard InChI is InChI=1S/C10H14N2/c11-12-7-8-1-3-9(4-2-8)10-5-6-10/h1-4,10,12H,5-7,11H2. The van der Waals surface area contributed by atoms with Gasteiger partial charge in [-0.2, -0.15) is 0 Å². The van der Waals surface area contributed by atoms with Crippen molar-refractivity contribution in [2.24, 2.45) is 5.84 Å². The summed E-state index contributed by atoms with van der Waals surface area (Å²) in [5.74, 6) is 6.07. The molecule has 2 rings (SSSR count). The van der Waals surface area contributed by atoms with Crippen LogP contribution in [0.2, 0.25) is 0 Å². The fourth-order valence-corrected chi connectivity index (χ4v) is 1.44. The Hall–Kier alpha value is -0.860. The highest BCUT2D eigenvalue weighted by Gasteiger charge is 2.22. The molecule has 0 bridgehead atoms. The van der Waals surface area contributed by atoms with Crippen molar-refractivity contribution in [3.8, 4) is 0 Å². The lowest BCUT2D eigenvalue weighted by atomic mass is 10.1. The van der Waals surface area contributed by atoms with Gasteiger partial charge in [0.25, 0.3) is 0 Å². The molecule has 0 spiro atoms. The first-order valence-electron chi connectivity index (χ1n) is 4.42. The lowest BCUT2D eigenvalue weighted by molar-refractivity contribution is 0.741. The van der Waals surface area contributed by atoms with E-state index < -0.39 is 0 Å². The van der Waals surface area contributed by atoms with E-state index in [9.17, 15) is 0 Å². The molecule has 2 heteroatoms. The molecular weight excluding hydrogens is 148 g/mol. The summed E-state index contributed by atoms with van der Waals surface area (Å²) in [6.45, 7) is 0.755. The number of rotatable bonds is 3. The Morgan fingerprint density at radius 3 is 2.42 bits per heavy atom. The summed E-state index contributed by atoms with van der Waals surface area (Å²) in [6, 6.07) is 8.72. The van der Waals surface area contributed by atoms with Crippen LogP contribution >= 0.6 is 0 Å². The minimum Gasteiger partial charge on any atom is -0.271 e. The van der Waals surface area contributed by atoms with E-state index in [1.807, 2.05) is 0 Å². The second-order valence-electron chi connectivity index (χ2n) is 3.40. The number of nitrogens with two attached hydrogens (primary N) is 1. The third kappa shape index (κ3) is 1.65. The molecule has 1 aromatic rings. The van der Waals surface area contributed by atoms with Gasteiger partial charge in [-0.15, -0.1) is 0 Å². The summed E-state index contributed by atoms with van der Waals surface area (Å²) in [6.07, 6.45) is 2.74. The molecule has 3 N–H and O–H groups in total. The first kappa shape index (κ1) is 7.77. The van der Waals surface area contributed by atoms with Gasteiger partial charge in [0.15, 0.2) is 0 Å². The van der Waals surface area contributed by atoms with Gasteiger partial charge in [-0.05, 0) is 29.9 Å². The Bertz CT molecular complexity index is 249. The maximum atomic E-state index is 5.22. The molecule has 0 aliphatic heterocycles. The fraction of sp³-hybridized carbons (Fsp3) is 0.400. The monoisotopic (exact) mass is 162 g/mol. The molecule has 1 saturated carbocycles. The molecule has 2 nitrogen and oxygen atoms in total. The van der Waals surface area contributed by atoms with Gasteiger partial charge in [0.05, 0.1) is 0 Å². The molecular formula is C10H14N2. The van der Waals surface area contributed by atoms with Gasteiger partial charge in [-0.1, -0.05) is 24.3 Å². The predicted octanol–water partition coefficient (Wildman–Crippen LogP) is 1.53. The number of hydrogen-bond donors (Lipinski definition) is 2. The van der Waals surface area contributed by atoms with E-state index >= 15 is 0 Å². The van der Waals surface area contributed by atoms with Gasteiger partial charge >= 0.3 is 0 Å². The van der Waals surface area contributed by atoms with Crippen molar-refractivity contribution in [1.29, 1.82) is 0 Å². The number of hydrazine groups is 1. The topological polar surface area (TPSA) is 38.0 Å². The van der Waals surface area contributed by atoms with Crippen molar-refractivity contribution < 1.29 is 0 Å². The van der Waals surface area contributed by atoms with Gasteiger partial charge in [0.2, 0.25) is 0 Å². The minimum atomic E-state index is 0.755. The lowest BCUT2D eigenvalue weighted by Gasteiger charge is -2.01. The van der Waals surface area contributed by atoms with E-state index in [4.69, 9.17) is 5.84 Å². The zero-order valence-corrected chi connectivity index (χ0v) is 7.09. The summed E-state index contributed by atoms with van der Waals surface area (Å²) in [5.41, 5.74) is 5.38. The molecule has 64 valence electrons. The van der Waals surface area contributed by atoms with Crippen molar-refractivity contribution in [1.82, 2.24) is 5.43 Å². The van der Waals surface area contributed by atoms with Crippen LogP contribution in [0.25, 0.3) is 0 Å².